The number of halogens is 4. The average Bonchev–Trinajstić information content (AvgIpc) is 3.37. The van der Waals surface area contributed by atoms with Crippen LogP contribution in [-0.2, 0) is 10.1 Å². The highest BCUT2D eigenvalue weighted by Crippen LogP contribution is 2.73. The molecule has 0 saturated carbocycles. The molecule has 67 heavy (non-hydrogen) atoms. The fourth-order valence-electron chi connectivity index (χ4n) is 7.97. The van der Waals surface area contributed by atoms with E-state index in [4.69, 9.17) is 13.0 Å². The first-order valence-electron chi connectivity index (χ1n) is 21.1. The van der Waals surface area contributed by atoms with E-state index in [0.29, 0.717) is 0 Å². The first kappa shape index (κ1) is 48.7. The number of hydrogen-bond donors (Lipinski definition) is 0. The summed E-state index contributed by atoms with van der Waals surface area (Å²) in [6.07, 6.45) is 0. The molecule has 9 aromatic rings. The SMILES string of the molecule is Fc1ccccc1.O=S(=O)([O-])C(F)(F)F.c1ccc(P(C(=P(c2ccccc2)(c2ccccc2)c2ccccc2)[P+](c2ccccc2)(c2ccccc2)c2ccccc2)c2ccccc2)cc1. The van der Waals surface area contributed by atoms with Gasteiger partial charge in [0.1, 0.15) is 33.8 Å². The molecule has 0 amide bonds. The summed E-state index contributed by atoms with van der Waals surface area (Å²) < 4.78 is 72.4. The number of rotatable bonds is 10. The molecule has 0 unspecified atom stereocenters. The molecule has 9 aromatic carbocycles. The van der Waals surface area contributed by atoms with Crippen LogP contribution in [0.4, 0.5) is 17.6 Å². The summed E-state index contributed by atoms with van der Waals surface area (Å²) in [5, 5.41) is 10.9. The van der Waals surface area contributed by atoms with Gasteiger partial charge in [0.05, 0.1) is 0 Å². The number of hydrogen-bond acceptors (Lipinski definition) is 3. The molecule has 0 fully saturated rings. The van der Waals surface area contributed by atoms with Gasteiger partial charge < -0.3 is 4.55 Å². The summed E-state index contributed by atoms with van der Waals surface area (Å²) in [6, 6.07) is 99.5. The summed E-state index contributed by atoms with van der Waals surface area (Å²) in [5.41, 5.74) is -5.65. The lowest BCUT2D eigenvalue weighted by Gasteiger charge is -2.41. The number of alkyl halides is 3. The van der Waals surface area contributed by atoms with Gasteiger partial charge in [0, 0.05) is 14.8 Å². The van der Waals surface area contributed by atoms with Gasteiger partial charge in [-0.3, -0.25) is 0 Å². The molecule has 0 atom stereocenters. The minimum atomic E-state index is -6.09. The zero-order valence-electron chi connectivity index (χ0n) is 36.0. The maximum atomic E-state index is 11.9. The number of benzene rings is 9. The van der Waals surface area contributed by atoms with Crippen LogP contribution in [0.15, 0.2) is 273 Å². The van der Waals surface area contributed by atoms with Crippen molar-refractivity contribution in [1.29, 1.82) is 0 Å². The Morgan fingerprint density at radius 2 is 0.627 bits per heavy atom. The Morgan fingerprint density at radius 3 is 0.851 bits per heavy atom. The van der Waals surface area contributed by atoms with Gasteiger partial charge in [0.25, 0.3) is 0 Å². The van der Waals surface area contributed by atoms with Crippen LogP contribution in [0, 0.1) is 5.82 Å². The van der Waals surface area contributed by atoms with Crippen molar-refractivity contribution in [2.24, 2.45) is 0 Å². The first-order chi connectivity index (χ1) is 32.5. The maximum absolute atomic E-state index is 11.9. The van der Waals surface area contributed by atoms with Gasteiger partial charge in [-0.1, -0.05) is 224 Å². The molecule has 11 heteroatoms. The van der Waals surface area contributed by atoms with Gasteiger partial charge in [0.2, 0.25) is 0 Å². The van der Waals surface area contributed by atoms with Crippen molar-refractivity contribution in [2.75, 3.05) is 0 Å². The molecule has 336 valence electrons. The molecular weight excluding hydrogens is 922 g/mol. The van der Waals surface area contributed by atoms with E-state index in [1.54, 1.807) is 23.0 Å². The Labute approximate surface area is 392 Å². The smallest absolute Gasteiger partial charge is 0.485 e. The molecule has 9 rings (SSSR count). The maximum Gasteiger partial charge on any atom is 0.485 e. The average molecular weight is 967 g/mol. The van der Waals surface area contributed by atoms with Crippen molar-refractivity contribution in [1.82, 2.24) is 0 Å². The van der Waals surface area contributed by atoms with Gasteiger partial charge in [-0.25, -0.2) is 12.8 Å². The summed E-state index contributed by atoms with van der Waals surface area (Å²) in [5.74, 6) is -0.178. The molecule has 0 aliphatic rings. The van der Waals surface area contributed by atoms with Crippen LogP contribution in [0.2, 0.25) is 0 Å². The van der Waals surface area contributed by atoms with Crippen LogP contribution in [0.1, 0.15) is 0 Å². The fraction of sp³-hybridized carbons (Fsp3) is 0.0179. The Hall–Kier alpha value is -6.23. The second-order valence-corrected chi connectivity index (χ2v) is 26.1. The highest BCUT2D eigenvalue weighted by atomic mass is 32.2. The second kappa shape index (κ2) is 22.5. The minimum Gasteiger partial charge on any atom is -0.741 e. The van der Waals surface area contributed by atoms with E-state index in [1.807, 2.05) is 0 Å². The monoisotopic (exact) mass is 966 g/mol. The van der Waals surface area contributed by atoms with Gasteiger partial charge in [-0.05, 0) is 75.1 Å². The molecule has 0 N–H and O–H groups in total. The van der Waals surface area contributed by atoms with Crippen molar-refractivity contribution in [3.63, 3.8) is 0 Å². The van der Waals surface area contributed by atoms with E-state index in [1.165, 1.54) is 54.6 Å². The third kappa shape index (κ3) is 11.0. The normalized spacial score (nSPS) is 11.6. The lowest BCUT2D eigenvalue weighted by atomic mass is 10.4. The fourth-order valence-corrected chi connectivity index (χ4v) is 26.3. The molecular formula is C56H45F4O3P3S. The van der Waals surface area contributed by atoms with Gasteiger partial charge in [-0.15, -0.1) is 0 Å². The Kier molecular flexibility index (Phi) is 16.4. The third-order valence-corrected chi connectivity index (χ3v) is 25.7. The molecule has 0 bridgehead atoms. The Morgan fingerprint density at radius 1 is 0.403 bits per heavy atom. The van der Waals surface area contributed by atoms with E-state index >= 15 is 0 Å². The van der Waals surface area contributed by atoms with Gasteiger partial charge in [0.15, 0.2) is 10.1 Å². The quantitative estimate of drug-likeness (QED) is 0.0594. The van der Waals surface area contributed by atoms with Crippen LogP contribution in [0.3, 0.4) is 0 Å². The molecule has 0 aliphatic carbocycles. The van der Waals surface area contributed by atoms with E-state index in [9.17, 15) is 17.6 Å². The van der Waals surface area contributed by atoms with Crippen LogP contribution >= 0.6 is 22.1 Å². The minimum absolute atomic E-state index is 0.178. The van der Waals surface area contributed by atoms with Crippen molar-refractivity contribution in [2.45, 2.75) is 5.51 Å². The van der Waals surface area contributed by atoms with Crippen LogP contribution < -0.4 is 42.4 Å². The lowest BCUT2D eigenvalue weighted by molar-refractivity contribution is -0.0517. The molecule has 0 heterocycles. The summed E-state index contributed by atoms with van der Waals surface area (Å²) in [6.45, 7) is -2.67. The van der Waals surface area contributed by atoms with Crippen molar-refractivity contribution < 1.29 is 30.5 Å². The lowest BCUT2D eigenvalue weighted by Crippen LogP contribution is -2.42. The van der Waals surface area contributed by atoms with E-state index in [2.05, 4.69) is 243 Å². The highest BCUT2D eigenvalue weighted by Gasteiger charge is 2.57. The van der Waals surface area contributed by atoms with E-state index in [0.717, 1.165) is 0 Å². The largest absolute Gasteiger partial charge is 0.741 e. The van der Waals surface area contributed by atoms with Gasteiger partial charge in [-0.2, -0.15) is 13.2 Å². The van der Waals surface area contributed by atoms with Crippen LogP contribution in [0.25, 0.3) is 0 Å². The molecule has 0 aromatic heterocycles. The zero-order chi connectivity index (χ0) is 47.2. The molecule has 0 aliphatic heterocycles. The standard InChI is InChI=1S/C49H40P3.C6H5F.CHF3O3S/c1-9-25-41(26-10-1)50(42-27-11-2-12-28-42)49(51(43-29-13-3-14-30-43,44-31-15-4-16-32-44)45-33-17-5-18-34-45)52(46-35-19-6-20-36-46,47-37-21-7-22-38-47)48-39-23-8-24-40-48;7-6-4-2-1-3-5-6;2-1(3,4)8(5,6)7/h1-40H;1-5H;(H,5,6,7)/q+1;;/p-1. The van der Waals surface area contributed by atoms with Crippen LogP contribution in [0.5, 0.6) is 0 Å². The van der Waals surface area contributed by atoms with Crippen molar-refractivity contribution in [3.05, 3.63) is 279 Å². The van der Waals surface area contributed by atoms with E-state index in [-0.39, 0.29) is 5.82 Å². The van der Waals surface area contributed by atoms with Crippen molar-refractivity contribution in [3.8, 4) is 0 Å². The zero-order valence-corrected chi connectivity index (χ0v) is 39.5. The van der Waals surface area contributed by atoms with Crippen molar-refractivity contribution >= 4 is 79.4 Å². The molecule has 0 spiro atoms. The predicted molar refractivity (Wildman–Crippen MR) is 277 cm³/mol. The predicted octanol–water partition coefficient (Wildman–Crippen LogP) is 11.1. The molecule has 0 radical (unpaired) electrons. The summed E-state index contributed by atoms with van der Waals surface area (Å²) >= 11 is 0. The second-order valence-electron chi connectivity index (χ2n) is 14.9. The molecule has 0 saturated heterocycles. The van der Waals surface area contributed by atoms with Gasteiger partial charge >= 0.3 is 5.51 Å². The molecule has 3 nitrogen and oxygen atoms in total. The third-order valence-electron chi connectivity index (χ3n) is 10.7. The Bertz CT molecular complexity index is 2830. The summed E-state index contributed by atoms with van der Waals surface area (Å²) in [4.78, 5) is 0. The highest BCUT2D eigenvalue weighted by molar-refractivity contribution is 8.34. The Balaban J connectivity index is 0.000000380. The summed E-state index contributed by atoms with van der Waals surface area (Å²) in [7, 11) is -9.88. The van der Waals surface area contributed by atoms with E-state index < -0.39 is 37.7 Å². The first-order valence-corrected chi connectivity index (χ1v) is 27.4. The topological polar surface area (TPSA) is 57.2 Å². The van der Waals surface area contributed by atoms with Crippen LogP contribution in [-0.4, -0.2) is 23.3 Å².